The molecule has 1 fully saturated rings. The molecule has 0 spiro atoms. The molecule has 0 aliphatic carbocycles. The summed E-state index contributed by atoms with van der Waals surface area (Å²) in [5.74, 6) is -0.174. The van der Waals surface area contributed by atoms with E-state index in [1.807, 2.05) is 49.4 Å². The average molecular weight is 325 g/mol. The molecule has 4 heteroatoms. The number of hydrogen-bond acceptors (Lipinski definition) is 4. The van der Waals surface area contributed by atoms with Crippen LogP contribution in [0.15, 0.2) is 54.6 Å². The van der Waals surface area contributed by atoms with E-state index in [4.69, 9.17) is 9.47 Å². The van der Waals surface area contributed by atoms with Crippen molar-refractivity contribution in [2.45, 2.75) is 38.5 Å². The summed E-state index contributed by atoms with van der Waals surface area (Å²) >= 11 is 0. The van der Waals surface area contributed by atoms with Gasteiger partial charge in [-0.15, -0.1) is 0 Å². The minimum atomic E-state index is -0.255. The van der Waals surface area contributed by atoms with E-state index in [1.165, 1.54) is 5.56 Å². The third-order valence-corrected chi connectivity index (χ3v) is 4.08. The lowest BCUT2D eigenvalue weighted by molar-refractivity contribution is -0.141. The Kier molecular flexibility index (Phi) is 5.49. The highest BCUT2D eigenvalue weighted by Crippen LogP contribution is 2.20. The smallest absolute Gasteiger partial charge is 0.328 e. The van der Waals surface area contributed by atoms with E-state index < -0.39 is 0 Å². The van der Waals surface area contributed by atoms with Gasteiger partial charge in [-0.25, -0.2) is 4.79 Å². The standard InChI is InChI=1S/C20H23NO3/c1-15-12-19(20(22)24-15)21-18-9-5-8-17(13-18)14-23-11-10-16-6-3-2-4-7-16/h2-9,13,15,19,21H,10-12,14H2,1H3/t15-,19+/m1/s1. The van der Waals surface area contributed by atoms with Gasteiger partial charge in [0.15, 0.2) is 0 Å². The van der Waals surface area contributed by atoms with E-state index >= 15 is 0 Å². The van der Waals surface area contributed by atoms with Crippen molar-refractivity contribution in [1.29, 1.82) is 0 Å². The number of carbonyl (C=O) groups excluding carboxylic acids is 1. The third kappa shape index (κ3) is 4.59. The van der Waals surface area contributed by atoms with Crippen LogP contribution in [0.3, 0.4) is 0 Å². The number of hydrogen-bond donors (Lipinski definition) is 1. The van der Waals surface area contributed by atoms with Gasteiger partial charge in [-0.2, -0.15) is 0 Å². The second-order valence-corrected chi connectivity index (χ2v) is 6.17. The van der Waals surface area contributed by atoms with Crippen LogP contribution in [0.1, 0.15) is 24.5 Å². The Labute approximate surface area is 142 Å². The van der Waals surface area contributed by atoms with Gasteiger partial charge in [0.25, 0.3) is 0 Å². The maximum Gasteiger partial charge on any atom is 0.328 e. The molecule has 126 valence electrons. The van der Waals surface area contributed by atoms with Crippen molar-refractivity contribution >= 4 is 11.7 Å². The van der Waals surface area contributed by atoms with Crippen molar-refractivity contribution in [3.8, 4) is 0 Å². The fourth-order valence-corrected chi connectivity index (χ4v) is 2.85. The molecule has 0 radical (unpaired) electrons. The van der Waals surface area contributed by atoms with Crippen molar-refractivity contribution < 1.29 is 14.3 Å². The van der Waals surface area contributed by atoms with E-state index in [0.717, 1.165) is 17.7 Å². The van der Waals surface area contributed by atoms with Crippen LogP contribution in [-0.4, -0.2) is 24.7 Å². The molecule has 24 heavy (non-hydrogen) atoms. The SMILES string of the molecule is C[C@@H]1C[C@H](Nc2cccc(COCCc3ccccc3)c2)C(=O)O1. The summed E-state index contributed by atoms with van der Waals surface area (Å²) in [6.07, 6.45) is 1.60. The van der Waals surface area contributed by atoms with Gasteiger partial charge in [-0.1, -0.05) is 42.5 Å². The molecule has 1 N–H and O–H groups in total. The number of rotatable bonds is 7. The Balaban J connectivity index is 1.47. The number of esters is 1. The van der Waals surface area contributed by atoms with Crippen LogP contribution < -0.4 is 5.32 Å². The minimum absolute atomic E-state index is 0.0143. The van der Waals surface area contributed by atoms with Crippen molar-refractivity contribution in [1.82, 2.24) is 0 Å². The Morgan fingerprint density at radius 1 is 1.12 bits per heavy atom. The zero-order valence-electron chi connectivity index (χ0n) is 13.9. The average Bonchev–Trinajstić information content (AvgIpc) is 2.90. The van der Waals surface area contributed by atoms with Crippen LogP contribution in [0, 0.1) is 0 Å². The monoisotopic (exact) mass is 325 g/mol. The molecule has 1 aliphatic heterocycles. The summed E-state index contributed by atoms with van der Waals surface area (Å²) in [5, 5.41) is 3.25. The summed E-state index contributed by atoms with van der Waals surface area (Å²) < 4.78 is 10.9. The number of anilines is 1. The minimum Gasteiger partial charge on any atom is -0.461 e. The number of ether oxygens (including phenoxy) is 2. The molecule has 2 atom stereocenters. The van der Waals surface area contributed by atoms with Crippen molar-refractivity contribution in [3.05, 3.63) is 65.7 Å². The number of benzene rings is 2. The molecular formula is C20H23NO3. The Morgan fingerprint density at radius 2 is 1.92 bits per heavy atom. The Bertz CT molecular complexity index is 672. The highest BCUT2D eigenvalue weighted by atomic mass is 16.6. The van der Waals surface area contributed by atoms with E-state index in [-0.39, 0.29) is 18.1 Å². The highest BCUT2D eigenvalue weighted by Gasteiger charge is 2.31. The van der Waals surface area contributed by atoms with Crippen LogP contribution in [0.5, 0.6) is 0 Å². The molecule has 1 saturated heterocycles. The molecule has 2 aromatic rings. The Morgan fingerprint density at radius 3 is 2.67 bits per heavy atom. The first-order chi connectivity index (χ1) is 11.7. The molecule has 3 rings (SSSR count). The highest BCUT2D eigenvalue weighted by molar-refractivity contribution is 5.81. The van der Waals surface area contributed by atoms with Gasteiger partial charge in [0, 0.05) is 12.1 Å². The van der Waals surface area contributed by atoms with Gasteiger partial charge < -0.3 is 14.8 Å². The largest absolute Gasteiger partial charge is 0.461 e. The lowest BCUT2D eigenvalue weighted by atomic mass is 10.1. The zero-order valence-corrected chi connectivity index (χ0v) is 13.9. The lowest BCUT2D eigenvalue weighted by Crippen LogP contribution is -2.24. The van der Waals surface area contributed by atoms with Crippen molar-refractivity contribution in [3.63, 3.8) is 0 Å². The predicted molar refractivity (Wildman–Crippen MR) is 93.8 cm³/mol. The molecule has 0 bridgehead atoms. The number of cyclic esters (lactones) is 1. The maximum atomic E-state index is 11.7. The van der Waals surface area contributed by atoms with Crippen molar-refractivity contribution in [2.75, 3.05) is 11.9 Å². The van der Waals surface area contributed by atoms with Crippen LogP contribution in [-0.2, 0) is 27.3 Å². The first kappa shape index (κ1) is 16.5. The van der Waals surface area contributed by atoms with E-state index in [0.29, 0.717) is 19.6 Å². The Hall–Kier alpha value is -2.33. The van der Waals surface area contributed by atoms with Crippen molar-refractivity contribution in [2.24, 2.45) is 0 Å². The van der Waals surface area contributed by atoms with E-state index in [1.54, 1.807) is 0 Å². The molecule has 0 unspecified atom stereocenters. The quantitative estimate of drug-likeness (QED) is 0.624. The molecule has 1 aliphatic rings. The summed E-state index contributed by atoms with van der Waals surface area (Å²) in [6, 6.07) is 18.1. The van der Waals surface area contributed by atoms with E-state index in [2.05, 4.69) is 17.4 Å². The third-order valence-electron chi connectivity index (χ3n) is 4.08. The van der Waals surface area contributed by atoms with Crippen LogP contribution in [0.4, 0.5) is 5.69 Å². The van der Waals surface area contributed by atoms with Crippen LogP contribution in [0.2, 0.25) is 0 Å². The summed E-state index contributed by atoms with van der Waals surface area (Å²) in [6.45, 7) is 3.17. The molecular weight excluding hydrogens is 302 g/mol. The van der Waals surface area contributed by atoms with Crippen LogP contribution in [0.25, 0.3) is 0 Å². The molecule has 0 aromatic heterocycles. The van der Waals surface area contributed by atoms with Gasteiger partial charge in [-0.3, -0.25) is 0 Å². The zero-order chi connectivity index (χ0) is 16.8. The summed E-state index contributed by atoms with van der Waals surface area (Å²) in [4.78, 5) is 11.7. The maximum absolute atomic E-state index is 11.7. The first-order valence-corrected chi connectivity index (χ1v) is 8.38. The fourth-order valence-electron chi connectivity index (χ4n) is 2.85. The van der Waals surface area contributed by atoms with Crippen LogP contribution >= 0.6 is 0 Å². The van der Waals surface area contributed by atoms with Gasteiger partial charge in [0.2, 0.25) is 0 Å². The summed E-state index contributed by atoms with van der Waals surface area (Å²) in [7, 11) is 0. The van der Waals surface area contributed by atoms with E-state index in [9.17, 15) is 4.79 Å². The second-order valence-electron chi connectivity index (χ2n) is 6.17. The molecule has 2 aromatic carbocycles. The van der Waals surface area contributed by atoms with Gasteiger partial charge in [0.05, 0.1) is 13.2 Å². The molecule has 0 saturated carbocycles. The normalized spacial score (nSPS) is 20.0. The molecule has 0 amide bonds. The second kappa shape index (κ2) is 7.97. The van der Waals surface area contributed by atoms with Gasteiger partial charge in [-0.05, 0) is 36.6 Å². The predicted octanol–water partition coefficient (Wildman–Crippen LogP) is 3.56. The molecule has 1 heterocycles. The topological polar surface area (TPSA) is 47.6 Å². The number of nitrogens with one attached hydrogen (secondary N) is 1. The first-order valence-electron chi connectivity index (χ1n) is 8.38. The fraction of sp³-hybridized carbons (Fsp3) is 0.350. The lowest BCUT2D eigenvalue weighted by Gasteiger charge is -2.12. The summed E-state index contributed by atoms with van der Waals surface area (Å²) in [5.41, 5.74) is 3.30. The van der Waals surface area contributed by atoms with Gasteiger partial charge in [0.1, 0.15) is 12.1 Å². The molecule has 4 nitrogen and oxygen atoms in total. The number of carbonyl (C=O) groups is 1. The van der Waals surface area contributed by atoms with Gasteiger partial charge >= 0.3 is 5.97 Å².